The molecule has 0 amide bonds. The Kier molecular flexibility index (Phi) is 2.39. The van der Waals surface area contributed by atoms with E-state index in [1.807, 2.05) is 6.92 Å². The Morgan fingerprint density at radius 1 is 1.47 bits per heavy atom. The lowest BCUT2D eigenvalue weighted by atomic mass is 9.55. The Balaban J connectivity index is 1.88. The summed E-state index contributed by atoms with van der Waals surface area (Å²) in [5.74, 6) is 1.18. The molecule has 1 aliphatic heterocycles. The quantitative estimate of drug-likeness (QED) is 0.475. The van der Waals surface area contributed by atoms with E-state index in [1.165, 1.54) is 24.8 Å². The van der Waals surface area contributed by atoms with Crippen molar-refractivity contribution in [3.63, 3.8) is 0 Å². The zero-order valence-corrected chi connectivity index (χ0v) is 10.9. The molecule has 2 nitrogen and oxygen atoms in total. The third-order valence-corrected chi connectivity index (χ3v) is 5.51. The smallest absolute Gasteiger partial charge is 0.309 e. The van der Waals surface area contributed by atoms with Crippen molar-refractivity contribution in [2.24, 2.45) is 23.2 Å². The van der Waals surface area contributed by atoms with Crippen LogP contribution in [-0.4, -0.2) is 12.1 Å². The van der Waals surface area contributed by atoms with Gasteiger partial charge >= 0.3 is 5.97 Å². The topological polar surface area (TPSA) is 26.3 Å². The van der Waals surface area contributed by atoms with Crippen molar-refractivity contribution < 1.29 is 9.53 Å². The van der Waals surface area contributed by atoms with Crippen LogP contribution in [0.2, 0.25) is 0 Å². The number of ether oxygens (including phenoxy) is 1. The second-order valence-electron chi connectivity index (χ2n) is 6.59. The summed E-state index contributed by atoms with van der Waals surface area (Å²) in [7, 11) is 0. The van der Waals surface area contributed by atoms with E-state index in [0.29, 0.717) is 17.3 Å². The number of hydrogen-bond acceptors (Lipinski definition) is 2. The van der Waals surface area contributed by atoms with Gasteiger partial charge in [0.2, 0.25) is 0 Å². The lowest BCUT2D eigenvalue weighted by molar-refractivity contribution is -0.145. The van der Waals surface area contributed by atoms with Gasteiger partial charge in [-0.05, 0) is 43.4 Å². The van der Waals surface area contributed by atoms with Gasteiger partial charge in [-0.3, -0.25) is 4.79 Å². The Labute approximate surface area is 103 Å². The van der Waals surface area contributed by atoms with Crippen LogP contribution in [0.3, 0.4) is 0 Å². The van der Waals surface area contributed by atoms with E-state index in [4.69, 9.17) is 4.74 Å². The van der Waals surface area contributed by atoms with Crippen LogP contribution in [0.4, 0.5) is 0 Å². The van der Waals surface area contributed by atoms with Gasteiger partial charge in [0.25, 0.3) is 0 Å². The van der Waals surface area contributed by atoms with Crippen LogP contribution < -0.4 is 0 Å². The molecule has 0 radical (unpaired) electrons. The van der Waals surface area contributed by atoms with Crippen molar-refractivity contribution in [3.8, 4) is 0 Å². The van der Waals surface area contributed by atoms with Gasteiger partial charge in [-0.25, -0.2) is 0 Å². The molecule has 2 saturated carbocycles. The van der Waals surface area contributed by atoms with Crippen molar-refractivity contribution in [3.05, 3.63) is 12.2 Å². The molecule has 5 atom stereocenters. The number of carbonyl (C=O) groups excluding carboxylic acids is 1. The second-order valence-corrected chi connectivity index (χ2v) is 6.59. The maximum Gasteiger partial charge on any atom is 0.309 e. The van der Waals surface area contributed by atoms with Gasteiger partial charge in [-0.1, -0.05) is 26.0 Å². The minimum atomic E-state index is 0.0212. The zero-order chi connectivity index (χ0) is 12.2. The summed E-state index contributed by atoms with van der Waals surface area (Å²) < 4.78 is 5.56. The maximum atomic E-state index is 11.7. The predicted octanol–water partition coefficient (Wildman–Crippen LogP) is 3.32. The van der Waals surface area contributed by atoms with E-state index in [1.54, 1.807) is 0 Å². The van der Waals surface area contributed by atoms with Crippen LogP contribution in [0.1, 0.15) is 46.0 Å². The van der Waals surface area contributed by atoms with Crippen LogP contribution in [-0.2, 0) is 9.53 Å². The SMILES string of the molecule is C=C1CCC[C@]2(C)C[C@@H]3OC(=O)[C@@H](C)[C@H]3C[C@@H]12. The molecule has 3 rings (SSSR count). The fourth-order valence-corrected chi connectivity index (χ4v) is 4.38. The number of esters is 1. The molecule has 0 aromatic heterocycles. The van der Waals surface area contributed by atoms with E-state index in [-0.39, 0.29) is 18.0 Å². The maximum absolute atomic E-state index is 11.7. The molecule has 3 fully saturated rings. The third kappa shape index (κ3) is 1.56. The van der Waals surface area contributed by atoms with E-state index in [0.717, 1.165) is 12.8 Å². The normalized spacial score (nSPS) is 49.5. The summed E-state index contributed by atoms with van der Waals surface area (Å²) in [5, 5.41) is 0. The molecule has 2 heteroatoms. The fourth-order valence-electron chi connectivity index (χ4n) is 4.38. The highest BCUT2D eigenvalue weighted by Gasteiger charge is 2.53. The number of rotatable bonds is 0. The molecule has 1 heterocycles. The molecule has 2 aliphatic carbocycles. The first-order valence-corrected chi connectivity index (χ1v) is 6.89. The number of hydrogen-bond donors (Lipinski definition) is 0. The summed E-state index contributed by atoms with van der Waals surface area (Å²) in [6.07, 6.45) is 6.06. The first-order chi connectivity index (χ1) is 8.01. The van der Waals surface area contributed by atoms with E-state index >= 15 is 0 Å². The monoisotopic (exact) mass is 234 g/mol. The third-order valence-electron chi connectivity index (χ3n) is 5.51. The lowest BCUT2D eigenvalue weighted by Crippen LogP contribution is -2.44. The summed E-state index contributed by atoms with van der Waals surface area (Å²) >= 11 is 0. The first kappa shape index (κ1) is 11.3. The predicted molar refractivity (Wildman–Crippen MR) is 66.4 cm³/mol. The van der Waals surface area contributed by atoms with E-state index < -0.39 is 0 Å². The molecule has 94 valence electrons. The fraction of sp³-hybridized carbons (Fsp3) is 0.800. The highest BCUT2D eigenvalue weighted by molar-refractivity contribution is 5.75. The number of carbonyl (C=O) groups is 1. The van der Waals surface area contributed by atoms with Crippen molar-refractivity contribution >= 4 is 5.97 Å². The van der Waals surface area contributed by atoms with E-state index in [2.05, 4.69) is 13.5 Å². The van der Waals surface area contributed by atoms with Crippen LogP contribution in [0.15, 0.2) is 12.2 Å². The minimum absolute atomic E-state index is 0.0212. The highest BCUT2D eigenvalue weighted by atomic mass is 16.6. The van der Waals surface area contributed by atoms with Gasteiger partial charge in [0.1, 0.15) is 6.10 Å². The lowest BCUT2D eigenvalue weighted by Gasteiger charge is -2.49. The molecular formula is C15H22O2. The molecule has 0 unspecified atom stereocenters. The Bertz CT molecular complexity index is 373. The average molecular weight is 234 g/mol. The average Bonchev–Trinajstić information content (AvgIpc) is 2.52. The van der Waals surface area contributed by atoms with Crippen LogP contribution >= 0.6 is 0 Å². The van der Waals surface area contributed by atoms with Crippen molar-refractivity contribution in [1.29, 1.82) is 0 Å². The molecule has 0 bridgehead atoms. The summed E-state index contributed by atoms with van der Waals surface area (Å²) in [4.78, 5) is 11.7. The Hall–Kier alpha value is -0.790. The molecular weight excluding hydrogens is 212 g/mol. The van der Waals surface area contributed by atoms with Gasteiger partial charge in [0.05, 0.1) is 5.92 Å². The molecule has 3 aliphatic rings. The van der Waals surface area contributed by atoms with E-state index in [9.17, 15) is 4.79 Å². The van der Waals surface area contributed by atoms with Crippen LogP contribution in [0.5, 0.6) is 0 Å². The summed E-state index contributed by atoms with van der Waals surface area (Å²) in [6.45, 7) is 8.68. The number of allylic oxidation sites excluding steroid dienone is 1. The molecule has 0 N–H and O–H groups in total. The summed E-state index contributed by atoms with van der Waals surface area (Å²) in [6, 6.07) is 0. The van der Waals surface area contributed by atoms with Crippen LogP contribution in [0.25, 0.3) is 0 Å². The molecule has 0 spiro atoms. The Morgan fingerprint density at radius 3 is 3.00 bits per heavy atom. The standard InChI is InChI=1S/C15H22O2/c1-9-5-4-6-15(3)8-13-11(7-12(9)15)10(2)14(16)17-13/h10-13H,1,4-8H2,2-3H3/t10-,11+,12-,13-,15+/m0/s1. The van der Waals surface area contributed by atoms with Crippen molar-refractivity contribution in [2.45, 2.75) is 52.1 Å². The first-order valence-electron chi connectivity index (χ1n) is 6.89. The zero-order valence-electron chi connectivity index (χ0n) is 10.9. The largest absolute Gasteiger partial charge is 0.462 e. The van der Waals surface area contributed by atoms with Gasteiger partial charge in [-0.2, -0.15) is 0 Å². The second kappa shape index (κ2) is 3.60. The van der Waals surface area contributed by atoms with Gasteiger partial charge in [0.15, 0.2) is 0 Å². The number of fused-ring (bicyclic) bond motifs is 2. The van der Waals surface area contributed by atoms with Gasteiger partial charge in [0, 0.05) is 5.92 Å². The van der Waals surface area contributed by atoms with Gasteiger partial charge in [-0.15, -0.1) is 0 Å². The molecule has 0 aromatic carbocycles. The molecule has 0 aromatic rings. The molecule has 17 heavy (non-hydrogen) atoms. The summed E-state index contributed by atoms with van der Waals surface area (Å²) in [5.41, 5.74) is 1.75. The van der Waals surface area contributed by atoms with Gasteiger partial charge < -0.3 is 4.74 Å². The Morgan fingerprint density at radius 2 is 2.24 bits per heavy atom. The minimum Gasteiger partial charge on any atom is -0.462 e. The van der Waals surface area contributed by atoms with Crippen LogP contribution in [0, 0.1) is 23.2 Å². The van der Waals surface area contributed by atoms with Crippen molar-refractivity contribution in [2.75, 3.05) is 0 Å². The molecule has 1 saturated heterocycles. The highest BCUT2D eigenvalue weighted by Crippen LogP contribution is 2.56. The van der Waals surface area contributed by atoms with Crippen molar-refractivity contribution in [1.82, 2.24) is 0 Å².